The SMILES string of the molecule is NC(=O)c1ccsc1NC(=O)CSc1nc2ccccc2c(=O)n1CCCc1ccccc1. The van der Waals surface area contributed by atoms with Crippen molar-refractivity contribution in [2.75, 3.05) is 11.1 Å². The number of anilines is 1. The lowest BCUT2D eigenvalue weighted by Crippen LogP contribution is -2.24. The van der Waals surface area contributed by atoms with E-state index in [0.29, 0.717) is 27.6 Å². The lowest BCUT2D eigenvalue weighted by atomic mass is 10.1. The standard InChI is InChI=1S/C24H22N4O3S2/c25-21(30)18-12-14-32-22(18)27-20(29)15-33-24-26-19-11-5-4-10-17(19)23(31)28(24)13-6-9-16-7-2-1-3-8-16/h1-5,7-8,10-12,14H,6,9,13,15H2,(H2,25,30)(H,27,29). The zero-order valence-electron chi connectivity index (χ0n) is 17.7. The number of primary amides is 1. The van der Waals surface area contributed by atoms with Crippen molar-refractivity contribution in [2.45, 2.75) is 24.5 Å². The average molecular weight is 479 g/mol. The van der Waals surface area contributed by atoms with Gasteiger partial charge in [-0.3, -0.25) is 19.0 Å². The van der Waals surface area contributed by atoms with Crippen molar-refractivity contribution in [2.24, 2.45) is 5.73 Å². The van der Waals surface area contributed by atoms with Crippen LogP contribution in [0, 0.1) is 0 Å². The van der Waals surface area contributed by atoms with Crippen LogP contribution in [0.5, 0.6) is 0 Å². The number of thioether (sulfide) groups is 1. The smallest absolute Gasteiger partial charge is 0.262 e. The van der Waals surface area contributed by atoms with Gasteiger partial charge >= 0.3 is 0 Å². The van der Waals surface area contributed by atoms with Crippen LogP contribution in [0.1, 0.15) is 22.3 Å². The number of aromatic nitrogens is 2. The zero-order chi connectivity index (χ0) is 23.2. The number of thiophene rings is 1. The number of carbonyl (C=O) groups is 2. The van der Waals surface area contributed by atoms with Gasteiger partial charge in [0, 0.05) is 6.54 Å². The Morgan fingerprint density at radius 2 is 1.82 bits per heavy atom. The highest BCUT2D eigenvalue weighted by molar-refractivity contribution is 7.99. The van der Waals surface area contributed by atoms with Crippen molar-refractivity contribution < 1.29 is 9.59 Å². The maximum absolute atomic E-state index is 13.2. The van der Waals surface area contributed by atoms with E-state index in [1.165, 1.54) is 28.7 Å². The van der Waals surface area contributed by atoms with E-state index in [-0.39, 0.29) is 22.8 Å². The minimum Gasteiger partial charge on any atom is -0.366 e. The highest BCUT2D eigenvalue weighted by atomic mass is 32.2. The Hall–Kier alpha value is -3.43. The summed E-state index contributed by atoms with van der Waals surface area (Å²) >= 11 is 2.43. The fourth-order valence-electron chi connectivity index (χ4n) is 3.43. The molecule has 4 rings (SSSR count). The first-order valence-electron chi connectivity index (χ1n) is 10.4. The molecule has 3 N–H and O–H groups in total. The van der Waals surface area contributed by atoms with Gasteiger partial charge in [0.2, 0.25) is 5.91 Å². The number of nitrogens with one attached hydrogen (secondary N) is 1. The van der Waals surface area contributed by atoms with Crippen LogP contribution in [-0.2, 0) is 17.8 Å². The average Bonchev–Trinajstić information content (AvgIpc) is 3.28. The Bertz CT molecular complexity index is 1350. The number of nitrogens with two attached hydrogens (primary N) is 1. The maximum atomic E-state index is 13.2. The van der Waals surface area contributed by atoms with Crippen molar-refractivity contribution in [3.63, 3.8) is 0 Å². The van der Waals surface area contributed by atoms with E-state index in [9.17, 15) is 14.4 Å². The topological polar surface area (TPSA) is 107 Å². The molecule has 2 aromatic heterocycles. The molecule has 9 heteroatoms. The largest absolute Gasteiger partial charge is 0.366 e. The summed E-state index contributed by atoms with van der Waals surface area (Å²) in [6.07, 6.45) is 1.60. The van der Waals surface area contributed by atoms with Gasteiger partial charge in [0.15, 0.2) is 5.16 Å². The van der Waals surface area contributed by atoms with Crippen LogP contribution >= 0.6 is 23.1 Å². The molecule has 0 saturated heterocycles. The Kier molecular flexibility index (Phi) is 7.21. The summed E-state index contributed by atoms with van der Waals surface area (Å²) in [7, 11) is 0. The van der Waals surface area contributed by atoms with Gasteiger partial charge < -0.3 is 11.1 Å². The van der Waals surface area contributed by atoms with Gasteiger partial charge in [-0.05, 0) is 42.0 Å². The Morgan fingerprint density at radius 3 is 2.61 bits per heavy atom. The first-order chi connectivity index (χ1) is 16.0. The number of rotatable bonds is 9. The third-order valence-corrected chi connectivity index (χ3v) is 6.84. The summed E-state index contributed by atoms with van der Waals surface area (Å²) in [5, 5.41) is 5.87. The summed E-state index contributed by atoms with van der Waals surface area (Å²) in [5.41, 5.74) is 7.30. The molecule has 2 heterocycles. The third-order valence-electron chi connectivity index (χ3n) is 5.03. The molecular weight excluding hydrogens is 456 g/mol. The first kappa shape index (κ1) is 22.8. The molecule has 0 atom stereocenters. The fraction of sp³-hybridized carbons (Fsp3) is 0.167. The van der Waals surface area contributed by atoms with Gasteiger partial charge in [-0.2, -0.15) is 0 Å². The minimum absolute atomic E-state index is 0.0412. The van der Waals surface area contributed by atoms with Crippen LogP contribution in [0.4, 0.5) is 5.00 Å². The van der Waals surface area contributed by atoms with Crippen LogP contribution < -0.4 is 16.6 Å². The van der Waals surface area contributed by atoms with E-state index in [1.807, 2.05) is 30.3 Å². The van der Waals surface area contributed by atoms with Crippen LogP contribution in [-0.4, -0.2) is 27.1 Å². The molecule has 2 amide bonds. The number of nitrogens with zero attached hydrogens (tertiary/aromatic N) is 2. The number of fused-ring (bicyclic) bond motifs is 1. The predicted octanol–water partition coefficient (Wildman–Crippen LogP) is 3.92. The molecule has 0 aliphatic heterocycles. The highest BCUT2D eigenvalue weighted by Crippen LogP contribution is 2.24. The van der Waals surface area contributed by atoms with Crippen LogP contribution in [0.3, 0.4) is 0 Å². The van der Waals surface area contributed by atoms with Gasteiger partial charge in [-0.1, -0.05) is 54.2 Å². The summed E-state index contributed by atoms with van der Waals surface area (Å²) in [6.45, 7) is 0.492. The van der Waals surface area contributed by atoms with Gasteiger partial charge in [0.1, 0.15) is 5.00 Å². The van der Waals surface area contributed by atoms with Crippen molar-refractivity contribution in [3.8, 4) is 0 Å². The molecule has 33 heavy (non-hydrogen) atoms. The third kappa shape index (κ3) is 5.50. The summed E-state index contributed by atoms with van der Waals surface area (Å²) < 4.78 is 1.64. The van der Waals surface area contributed by atoms with Crippen LogP contribution in [0.25, 0.3) is 10.9 Å². The van der Waals surface area contributed by atoms with Crippen molar-refractivity contribution in [1.29, 1.82) is 0 Å². The second-order valence-corrected chi connectivity index (χ2v) is 9.18. The molecule has 0 unspecified atom stereocenters. The van der Waals surface area contributed by atoms with Crippen LogP contribution in [0.2, 0.25) is 0 Å². The summed E-state index contributed by atoms with van der Waals surface area (Å²) in [4.78, 5) is 41.8. The highest BCUT2D eigenvalue weighted by Gasteiger charge is 2.16. The molecule has 0 fully saturated rings. The van der Waals surface area contributed by atoms with Crippen molar-refractivity contribution in [3.05, 3.63) is 87.5 Å². The van der Waals surface area contributed by atoms with E-state index in [0.717, 1.165) is 12.8 Å². The summed E-state index contributed by atoms with van der Waals surface area (Å²) in [5.74, 6) is -0.856. The monoisotopic (exact) mass is 478 g/mol. The summed E-state index contributed by atoms with van der Waals surface area (Å²) in [6, 6.07) is 18.9. The number of benzene rings is 2. The molecule has 168 valence electrons. The molecule has 0 saturated carbocycles. The number of amides is 2. The molecule has 0 radical (unpaired) electrons. The Labute approximate surface area is 198 Å². The van der Waals surface area contributed by atoms with Crippen LogP contribution in [0.15, 0.2) is 76.0 Å². The predicted molar refractivity (Wildman–Crippen MR) is 133 cm³/mol. The van der Waals surface area contributed by atoms with Gasteiger partial charge in [0.05, 0.1) is 22.2 Å². The van der Waals surface area contributed by atoms with Crippen molar-refractivity contribution in [1.82, 2.24) is 9.55 Å². The number of para-hydroxylation sites is 1. The van der Waals surface area contributed by atoms with Gasteiger partial charge in [0.25, 0.3) is 11.5 Å². The molecule has 0 spiro atoms. The van der Waals surface area contributed by atoms with E-state index in [4.69, 9.17) is 5.73 Å². The molecule has 4 aromatic rings. The molecule has 0 aliphatic rings. The number of aryl methyl sites for hydroxylation is 1. The number of carbonyl (C=O) groups excluding carboxylic acids is 2. The number of hydrogen-bond donors (Lipinski definition) is 2. The molecule has 2 aromatic carbocycles. The van der Waals surface area contributed by atoms with E-state index in [1.54, 1.807) is 28.1 Å². The molecular formula is C24H22N4O3S2. The van der Waals surface area contributed by atoms with Gasteiger partial charge in [-0.15, -0.1) is 11.3 Å². The lowest BCUT2D eigenvalue weighted by molar-refractivity contribution is -0.113. The van der Waals surface area contributed by atoms with E-state index in [2.05, 4.69) is 22.4 Å². The van der Waals surface area contributed by atoms with Crippen molar-refractivity contribution >= 4 is 50.8 Å². The quantitative estimate of drug-likeness (QED) is 0.280. The van der Waals surface area contributed by atoms with Gasteiger partial charge in [-0.25, -0.2) is 4.98 Å². The second-order valence-electron chi connectivity index (χ2n) is 7.32. The fourth-order valence-corrected chi connectivity index (χ4v) is 5.07. The Morgan fingerprint density at radius 1 is 1.06 bits per heavy atom. The normalized spacial score (nSPS) is 10.9. The molecule has 7 nitrogen and oxygen atoms in total. The minimum atomic E-state index is -0.595. The first-order valence-corrected chi connectivity index (χ1v) is 12.2. The zero-order valence-corrected chi connectivity index (χ0v) is 19.3. The second kappa shape index (κ2) is 10.5. The van der Waals surface area contributed by atoms with E-state index >= 15 is 0 Å². The maximum Gasteiger partial charge on any atom is 0.262 e. The Balaban J connectivity index is 1.51. The lowest BCUT2D eigenvalue weighted by Gasteiger charge is -2.13. The number of hydrogen-bond acceptors (Lipinski definition) is 6. The molecule has 0 bridgehead atoms. The molecule has 0 aliphatic carbocycles. The van der Waals surface area contributed by atoms with E-state index < -0.39 is 5.91 Å².